The fourth-order valence-electron chi connectivity index (χ4n) is 5.08. The summed E-state index contributed by atoms with van der Waals surface area (Å²) in [6.07, 6.45) is 0.646. The average Bonchev–Trinajstić information content (AvgIpc) is 3.38. The van der Waals surface area contributed by atoms with Gasteiger partial charge in [-0.25, -0.2) is 9.37 Å². The summed E-state index contributed by atoms with van der Waals surface area (Å²) in [5.74, 6) is 0.776. The Morgan fingerprint density at radius 1 is 1.14 bits per heavy atom. The van der Waals surface area contributed by atoms with E-state index in [2.05, 4.69) is 44.8 Å². The number of anilines is 1. The van der Waals surface area contributed by atoms with Crippen molar-refractivity contribution in [1.29, 1.82) is 5.26 Å². The van der Waals surface area contributed by atoms with Crippen molar-refractivity contribution in [3.05, 3.63) is 81.6 Å². The first-order valence-electron chi connectivity index (χ1n) is 12.3. The molecule has 37 heavy (non-hydrogen) atoms. The number of aryl methyl sites for hydroxylation is 2. The highest BCUT2D eigenvalue weighted by molar-refractivity contribution is 5.89. The van der Waals surface area contributed by atoms with Gasteiger partial charge in [0, 0.05) is 44.7 Å². The molecule has 0 N–H and O–H groups in total. The Kier molecular flexibility index (Phi) is 6.48. The Balaban J connectivity index is 1.54. The maximum Gasteiger partial charge on any atom is 0.252 e. The molecule has 3 aromatic heterocycles. The minimum atomic E-state index is -0.350. The van der Waals surface area contributed by atoms with Gasteiger partial charge in [0.25, 0.3) is 5.56 Å². The number of piperazine rings is 1. The minimum absolute atomic E-state index is 0.00138. The van der Waals surface area contributed by atoms with Crippen LogP contribution >= 0.6 is 0 Å². The molecule has 4 heterocycles. The maximum absolute atomic E-state index is 13.7. The number of hydrogen-bond acceptors (Lipinski definition) is 8. The van der Waals surface area contributed by atoms with Gasteiger partial charge in [-0.05, 0) is 43.7 Å². The molecule has 0 saturated carbocycles. The zero-order chi connectivity index (χ0) is 26.3. The van der Waals surface area contributed by atoms with Crippen molar-refractivity contribution in [2.45, 2.75) is 45.3 Å². The summed E-state index contributed by atoms with van der Waals surface area (Å²) in [7, 11) is 1.70. The summed E-state index contributed by atoms with van der Waals surface area (Å²) < 4.78 is 21.0. The molecule has 0 spiro atoms. The van der Waals surface area contributed by atoms with Gasteiger partial charge in [0.2, 0.25) is 5.89 Å². The van der Waals surface area contributed by atoms with Crippen molar-refractivity contribution in [2.24, 2.45) is 7.05 Å². The van der Waals surface area contributed by atoms with Crippen LogP contribution in [-0.4, -0.2) is 49.8 Å². The molecule has 1 aliphatic rings. The second-order valence-electron chi connectivity index (χ2n) is 9.51. The third-order valence-corrected chi connectivity index (χ3v) is 7.08. The number of hydrogen-bond donors (Lipinski definition) is 0. The molecule has 0 amide bonds. The number of benzene rings is 1. The highest BCUT2D eigenvalue weighted by Crippen LogP contribution is 2.35. The van der Waals surface area contributed by atoms with Gasteiger partial charge in [0.15, 0.2) is 5.82 Å². The van der Waals surface area contributed by atoms with E-state index in [1.165, 1.54) is 12.1 Å². The van der Waals surface area contributed by atoms with Gasteiger partial charge in [0.1, 0.15) is 29.1 Å². The van der Waals surface area contributed by atoms with Crippen LogP contribution in [0.5, 0.6) is 0 Å². The third-order valence-electron chi connectivity index (χ3n) is 7.08. The molecule has 1 saturated heterocycles. The van der Waals surface area contributed by atoms with Crippen LogP contribution in [0.25, 0.3) is 11.0 Å². The summed E-state index contributed by atoms with van der Waals surface area (Å²) in [4.78, 5) is 26.4. The van der Waals surface area contributed by atoms with Crippen LogP contribution in [0.4, 0.5) is 10.1 Å². The van der Waals surface area contributed by atoms with E-state index in [0.29, 0.717) is 53.6 Å². The van der Waals surface area contributed by atoms with E-state index in [0.717, 1.165) is 5.56 Å². The molecule has 5 rings (SSSR count). The Morgan fingerprint density at radius 2 is 1.89 bits per heavy atom. The van der Waals surface area contributed by atoms with E-state index in [4.69, 9.17) is 4.52 Å². The van der Waals surface area contributed by atoms with Crippen molar-refractivity contribution in [2.75, 3.05) is 18.0 Å². The van der Waals surface area contributed by atoms with Crippen LogP contribution in [0.3, 0.4) is 0 Å². The summed E-state index contributed by atoms with van der Waals surface area (Å²) in [6, 6.07) is 13.1. The first-order valence-corrected chi connectivity index (χ1v) is 12.3. The summed E-state index contributed by atoms with van der Waals surface area (Å²) in [5.41, 5.74) is 3.02. The highest BCUT2D eigenvalue weighted by atomic mass is 19.1. The summed E-state index contributed by atoms with van der Waals surface area (Å²) in [5, 5.41) is 13.5. The molecular formula is C27H28FN7O2. The molecule has 1 aliphatic heterocycles. The largest absolute Gasteiger partial charge is 0.364 e. The smallest absolute Gasteiger partial charge is 0.252 e. The lowest BCUT2D eigenvalue weighted by molar-refractivity contribution is 0.110. The lowest BCUT2D eigenvalue weighted by atomic mass is 9.98. The summed E-state index contributed by atoms with van der Waals surface area (Å²) in [6.45, 7) is 7.36. The van der Waals surface area contributed by atoms with Crippen LogP contribution in [0, 0.1) is 17.1 Å². The van der Waals surface area contributed by atoms with Gasteiger partial charge in [-0.3, -0.25) is 9.69 Å². The molecule has 9 nitrogen and oxygen atoms in total. The van der Waals surface area contributed by atoms with Crippen LogP contribution < -0.4 is 10.5 Å². The standard InChI is InChI=1S/C27H28FN7O2/c1-5-23-31-27(37-32-23)26(18-6-8-19(28)9-7-18)35-15-16(2)34(14-17(35)3)22-12-24(36)33(4)21-11-10-20(13-29)30-25(21)22/h6-12,16-17,26H,5,14-15H2,1-4H3/t16-,17+,26?/m0/s1. The quantitative estimate of drug-likeness (QED) is 0.409. The molecule has 1 unspecified atom stereocenters. The van der Waals surface area contributed by atoms with Crippen LogP contribution in [0.15, 0.2) is 51.8 Å². The average molecular weight is 502 g/mol. The van der Waals surface area contributed by atoms with E-state index < -0.39 is 0 Å². The van der Waals surface area contributed by atoms with Crippen LogP contribution in [0.1, 0.15) is 49.8 Å². The zero-order valence-electron chi connectivity index (χ0n) is 21.2. The van der Waals surface area contributed by atoms with E-state index in [1.54, 1.807) is 41.9 Å². The first-order chi connectivity index (χ1) is 17.8. The molecule has 3 atom stereocenters. The monoisotopic (exact) mass is 501 g/mol. The SMILES string of the molecule is CCc1noc(C(c2ccc(F)cc2)N2C[C@H](C)N(c3cc(=O)n(C)c4ccc(C#N)nc34)C[C@H]2C)n1. The number of pyridine rings is 2. The van der Waals surface area contributed by atoms with Crippen LogP contribution in [0.2, 0.25) is 0 Å². The second-order valence-corrected chi connectivity index (χ2v) is 9.51. The highest BCUT2D eigenvalue weighted by Gasteiger charge is 2.38. The second kappa shape index (κ2) is 9.75. The molecule has 4 aromatic rings. The molecule has 0 radical (unpaired) electrons. The number of halogens is 1. The lowest BCUT2D eigenvalue weighted by Gasteiger charge is -2.47. The topological polar surface area (TPSA) is 104 Å². The predicted octanol–water partition coefficient (Wildman–Crippen LogP) is 3.58. The number of fused-ring (bicyclic) bond motifs is 1. The minimum Gasteiger partial charge on any atom is -0.364 e. The fraction of sp³-hybridized carbons (Fsp3) is 0.370. The normalized spacial score (nSPS) is 19.2. The van der Waals surface area contributed by atoms with Gasteiger partial charge < -0.3 is 14.0 Å². The lowest BCUT2D eigenvalue weighted by Crippen LogP contribution is -2.57. The third kappa shape index (κ3) is 4.47. The van der Waals surface area contributed by atoms with Crippen LogP contribution in [-0.2, 0) is 13.5 Å². The van der Waals surface area contributed by atoms with E-state index >= 15 is 0 Å². The van der Waals surface area contributed by atoms with Gasteiger partial charge in [-0.1, -0.05) is 24.2 Å². The Labute approximate surface area is 213 Å². The molecule has 0 bridgehead atoms. The number of aromatic nitrogens is 4. The zero-order valence-corrected chi connectivity index (χ0v) is 21.2. The van der Waals surface area contributed by atoms with Crippen molar-refractivity contribution in [3.8, 4) is 6.07 Å². The molecule has 0 aliphatic carbocycles. The maximum atomic E-state index is 13.7. The number of nitrogens with zero attached hydrogens (tertiary/aromatic N) is 7. The van der Waals surface area contributed by atoms with E-state index in [1.807, 2.05) is 6.92 Å². The Bertz CT molecular complexity index is 1540. The van der Waals surface area contributed by atoms with Crippen molar-refractivity contribution < 1.29 is 8.91 Å². The van der Waals surface area contributed by atoms with Gasteiger partial charge >= 0.3 is 0 Å². The van der Waals surface area contributed by atoms with Crippen molar-refractivity contribution in [1.82, 2.24) is 24.6 Å². The number of nitriles is 1. The molecular weight excluding hydrogens is 473 g/mol. The first kappa shape index (κ1) is 24.6. The van der Waals surface area contributed by atoms with Crippen molar-refractivity contribution >= 4 is 16.7 Å². The fourth-order valence-corrected chi connectivity index (χ4v) is 5.08. The van der Waals surface area contributed by atoms with Gasteiger partial charge in [0.05, 0.1) is 11.2 Å². The predicted molar refractivity (Wildman–Crippen MR) is 137 cm³/mol. The van der Waals surface area contributed by atoms with E-state index in [-0.39, 0.29) is 29.5 Å². The van der Waals surface area contributed by atoms with Gasteiger partial charge in [-0.2, -0.15) is 10.2 Å². The van der Waals surface area contributed by atoms with Crippen molar-refractivity contribution in [3.63, 3.8) is 0 Å². The Hall–Kier alpha value is -4.10. The summed E-state index contributed by atoms with van der Waals surface area (Å²) >= 11 is 0. The Morgan fingerprint density at radius 3 is 2.57 bits per heavy atom. The molecule has 1 aromatic carbocycles. The molecule has 1 fully saturated rings. The molecule has 10 heteroatoms. The van der Waals surface area contributed by atoms with Gasteiger partial charge in [-0.15, -0.1) is 0 Å². The van der Waals surface area contributed by atoms with E-state index in [9.17, 15) is 14.4 Å². The number of rotatable bonds is 5. The molecule has 190 valence electrons.